The Bertz CT molecular complexity index is 500. The Labute approximate surface area is 133 Å². The van der Waals surface area contributed by atoms with Crippen LogP contribution >= 0.6 is 11.6 Å². The van der Waals surface area contributed by atoms with Crippen molar-refractivity contribution in [3.05, 3.63) is 16.4 Å². The highest BCUT2D eigenvalue weighted by Gasteiger charge is 2.43. The van der Waals surface area contributed by atoms with E-state index in [1.807, 2.05) is 14.0 Å². The van der Waals surface area contributed by atoms with E-state index in [-0.39, 0.29) is 11.6 Å². The molecule has 1 heterocycles. The van der Waals surface area contributed by atoms with Crippen LogP contribution in [0.3, 0.4) is 0 Å². The molecule has 0 bridgehead atoms. The molecule has 1 aromatic heterocycles. The summed E-state index contributed by atoms with van der Waals surface area (Å²) in [6.07, 6.45) is 5.03. The van der Waals surface area contributed by atoms with Crippen LogP contribution in [0.15, 0.2) is 0 Å². The number of rotatable bonds is 4. The standard InChI is InChI=1S/C16H28ClN3O/c1-11-12(14(17)20(4)19-11)10-13(18)16(21-5)8-6-15(2,3)7-9-16/h13H,6-10,18H2,1-5H3. The second-order valence-corrected chi connectivity index (χ2v) is 7.58. The van der Waals surface area contributed by atoms with Gasteiger partial charge in [0.25, 0.3) is 0 Å². The van der Waals surface area contributed by atoms with Gasteiger partial charge in [0.1, 0.15) is 5.15 Å². The van der Waals surface area contributed by atoms with Gasteiger partial charge in [-0.25, -0.2) is 0 Å². The number of methoxy groups -OCH3 is 1. The van der Waals surface area contributed by atoms with Crippen LogP contribution in [0.5, 0.6) is 0 Å². The van der Waals surface area contributed by atoms with Crippen molar-refractivity contribution in [3.63, 3.8) is 0 Å². The predicted molar refractivity (Wildman–Crippen MR) is 86.6 cm³/mol. The summed E-state index contributed by atoms with van der Waals surface area (Å²) in [5.74, 6) is 0. The van der Waals surface area contributed by atoms with E-state index < -0.39 is 0 Å². The van der Waals surface area contributed by atoms with E-state index in [4.69, 9.17) is 22.1 Å². The van der Waals surface area contributed by atoms with Crippen molar-refractivity contribution >= 4 is 11.6 Å². The molecular formula is C16H28ClN3O. The van der Waals surface area contributed by atoms with Gasteiger partial charge in [-0.2, -0.15) is 5.10 Å². The van der Waals surface area contributed by atoms with E-state index in [0.717, 1.165) is 36.9 Å². The van der Waals surface area contributed by atoms with Crippen molar-refractivity contribution < 1.29 is 4.74 Å². The number of hydrogen-bond acceptors (Lipinski definition) is 3. The summed E-state index contributed by atoms with van der Waals surface area (Å²) in [5.41, 5.74) is 8.71. The lowest BCUT2D eigenvalue weighted by Crippen LogP contribution is -2.53. The Morgan fingerprint density at radius 1 is 1.33 bits per heavy atom. The van der Waals surface area contributed by atoms with E-state index in [2.05, 4.69) is 18.9 Å². The van der Waals surface area contributed by atoms with Crippen molar-refractivity contribution in [3.8, 4) is 0 Å². The molecule has 1 fully saturated rings. The molecule has 0 radical (unpaired) electrons. The van der Waals surface area contributed by atoms with Crippen LogP contribution < -0.4 is 5.73 Å². The zero-order valence-electron chi connectivity index (χ0n) is 13.9. The third-order valence-corrected chi connectivity index (χ3v) is 5.70. The largest absolute Gasteiger partial charge is 0.377 e. The number of halogens is 1. The van der Waals surface area contributed by atoms with Crippen LogP contribution in [0.2, 0.25) is 5.15 Å². The molecule has 4 nitrogen and oxygen atoms in total. The van der Waals surface area contributed by atoms with Crippen LogP contribution in [0.1, 0.15) is 50.8 Å². The Hall–Kier alpha value is -0.580. The molecule has 1 aliphatic rings. The van der Waals surface area contributed by atoms with Crippen molar-refractivity contribution in [2.45, 2.75) is 64.5 Å². The summed E-state index contributed by atoms with van der Waals surface area (Å²) in [6.45, 7) is 6.62. The highest BCUT2D eigenvalue weighted by atomic mass is 35.5. The van der Waals surface area contributed by atoms with E-state index in [1.54, 1.807) is 11.8 Å². The van der Waals surface area contributed by atoms with Gasteiger partial charge in [-0.1, -0.05) is 25.4 Å². The number of nitrogens with two attached hydrogens (primary N) is 1. The molecule has 0 amide bonds. The molecule has 0 aliphatic heterocycles. The fourth-order valence-electron chi connectivity index (χ4n) is 3.39. The molecule has 2 N–H and O–H groups in total. The Morgan fingerprint density at radius 2 is 1.90 bits per heavy atom. The molecule has 0 saturated heterocycles. The van der Waals surface area contributed by atoms with Crippen molar-refractivity contribution in [2.24, 2.45) is 18.2 Å². The Morgan fingerprint density at radius 3 is 2.33 bits per heavy atom. The molecule has 120 valence electrons. The van der Waals surface area contributed by atoms with Gasteiger partial charge in [-0.3, -0.25) is 4.68 Å². The molecule has 1 saturated carbocycles. The molecular weight excluding hydrogens is 286 g/mol. The van der Waals surface area contributed by atoms with Gasteiger partial charge in [-0.15, -0.1) is 0 Å². The average Bonchev–Trinajstić information content (AvgIpc) is 2.66. The molecule has 21 heavy (non-hydrogen) atoms. The number of ether oxygens (including phenoxy) is 1. The molecule has 5 heteroatoms. The summed E-state index contributed by atoms with van der Waals surface area (Å²) in [5, 5.41) is 5.05. The summed E-state index contributed by atoms with van der Waals surface area (Å²) >= 11 is 6.34. The first-order valence-electron chi connectivity index (χ1n) is 7.69. The van der Waals surface area contributed by atoms with Crippen molar-refractivity contribution in [2.75, 3.05) is 7.11 Å². The third-order valence-electron chi connectivity index (χ3n) is 5.23. The van der Waals surface area contributed by atoms with Crippen molar-refractivity contribution in [1.29, 1.82) is 0 Å². The lowest BCUT2D eigenvalue weighted by Gasteiger charge is -2.46. The minimum absolute atomic E-state index is 0.0565. The monoisotopic (exact) mass is 313 g/mol. The van der Waals surface area contributed by atoms with E-state index in [9.17, 15) is 0 Å². The second-order valence-electron chi connectivity index (χ2n) is 7.22. The smallest absolute Gasteiger partial charge is 0.130 e. The van der Waals surface area contributed by atoms with Crippen LogP contribution in [0, 0.1) is 12.3 Å². The van der Waals surface area contributed by atoms with Gasteiger partial charge in [0.05, 0.1) is 11.3 Å². The number of hydrogen-bond donors (Lipinski definition) is 1. The Kier molecular flexibility index (Phi) is 4.72. The van der Waals surface area contributed by atoms with Gasteiger partial charge in [-0.05, 0) is 44.4 Å². The zero-order chi connectivity index (χ0) is 15.8. The second kappa shape index (κ2) is 5.90. The van der Waals surface area contributed by atoms with Crippen molar-refractivity contribution in [1.82, 2.24) is 9.78 Å². The topological polar surface area (TPSA) is 53.1 Å². The van der Waals surface area contributed by atoms with Crippen LogP contribution in [-0.2, 0) is 18.2 Å². The number of aryl methyl sites for hydroxylation is 2. The van der Waals surface area contributed by atoms with E-state index >= 15 is 0 Å². The maximum absolute atomic E-state index is 6.54. The third kappa shape index (κ3) is 3.27. The lowest BCUT2D eigenvalue weighted by atomic mass is 9.68. The summed E-state index contributed by atoms with van der Waals surface area (Å²) in [4.78, 5) is 0. The maximum atomic E-state index is 6.54. The molecule has 0 spiro atoms. The minimum atomic E-state index is -0.235. The molecule has 2 rings (SSSR count). The van der Waals surface area contributed by atoms with E-state index in [0.29, 0.717) is 17.0 Å². The first-order chi connectivity index (χ1) is 9.71. The summed E-state index contributed by atoms with van der Waals surface area (Å²) in [7, 11) is 3.65. The lowest BCUT2D eigenvalue weighted by molar-refractivity contribution is -0.0781. The molecule has 1 atom stereocenters. The molecule has 1 aromatic rings. The average molecular weight is 314 g/mol. The maximum Gasteiger partial charge on any atom is 0.130 e. The number of nitrogens with zero attached hydrogens (tertiary/aromatic N) is 2. The predicted octanol–water partition coefficient (Wildman–Crippen LogP) is 3.24. The van der Waals surface area contributed by atoms with Gasteiger partial charge in [0.2, 0.25) is 0 Å². The van der Waals surface area contributed by atoms with Crippen LogP contribution in [0.4, 0.5) is 0 Å². The molecule has 1 unspecified atom stereocenters. The molecule has 1 aliphatic carbocycles. The van der Waals surface area contributed by atoms with Gasteiger partial charge in [0, 0.05) is 25.8 Å². The fourth-order valence-corrected chi connectivity index (χ4v) is 3.64. The quantitative estimate of drug-likeness (QED) is 0.928. The Balaban J connectivity index is 2.16. The highest BCUT2D eigenvalue weighted by Crippen LogP contribution is 2.43. The normalized spacial score (nSPS) is 22.2. The van der Waals surface area contributed by atoms with Gasteiger partial charge in [0.15, 0.2) is 0 Å². The van der Waals surface area contributed by atoms with Gasteiger partial charge >= 0.3 is 0 Å². The molecule has 0 aromatic carbocycles. The van der Waals surface area contributed by atoms with Crippen LogP contribution in [-0.4, -0.2) is 28.5 Å². The minimum Gasteiger partial charge on any atom is -0.377 e. The first-order valence-corrected chi connectivity index (χ1v) is 8.07. The summed E-state index contributed by atoms with van der Waals surface area (Å²) in [6, 6.07) is -0.0565. The first kappa shape index (κ1) is 16.8. The highest BCUT2D eigenvalue weighted by molar-refractivity contribution is 6.30. The zero-order valence-corrected chi connectivity index (χ0v) is 14.6. The summed E-state index contributed by atoms with van der Waals surface area (Å²) < 4.78 is 7.61. The van der Waals surface area contributed by atoms with E-state index in [1.165, 1.54) is 0 Å². The van der Waals surface area contributed by atoms with Crippen LogP contribution in [0.25, 0.3) is 0 Å². The fraction of sp³-hybridized carbons (Fsp3) is 0.812. The number of aromatic nitrogens is 2. The van der Waals surface area contributed by atoms with Gasteiger partial charge < -0.3 is 10.5 Å². The SMILES string of the molecule is COC1(C(N)Cc2c(C)nn(C)c2Cl)CCC(C)(C)CC1.